The number of hydrogen-bond donors (Lipinski definition) is 1. The van der Waals surface area contributed by atoms with Crippen LogP contribution in [0.1, 0.15) is 54.7 Å². The van der Waals surface area contributed by atoms with Crippen molar-refractivity contribution >= 4 is 5.69 Å². The number of nitrogens with zero attached hydrogens (tertiary/aromatic N) is 1. The van der Waals surface area contributed by atoms with E-state index < -0.39 is 0 Å². The van der Waals surface area contributed by atoms with Crippen LogP contribution in [-0.4, -0.2) is 19.1 Å². The van der Waals surface area contributed by atoms with E-state index in [1.54, 1.807) is 22.4 Å². The fourth-order valence-electron chi connectivity index (χ4n) is 4.31. The number of anilines is 1. The first kappa shape index (κ1) is 11.8. The fourth-order valence-corrected chi connectivity index (χ4v) is 4.31. The van der Waals surface area contributed by atoms with E-state index in [4.69, 9.17) is 5.73 Å². The molecule has 0 atom stereocenters. The molecule has 2 aliphatic heterocycles. The Kier molecular flexibility index (Phi) is 2.80. The van der Waals surface area contributed by atoms with Crippen molar-refractivity contribution in [1.82, 2.24) is 0 Å². The van der Waals surface area contributed by atoms with E-state index in [1.165, 1.54) is 58.0 Å². The highest BCUT2D eigenvalue weighted by atomic mass is 15.2. The van der Waals surface area contributed by atoms with E-state index in [1.807, 2.05) is 0 Å². The molecule has 0 bridgehead atoms. The van der Waals surface area contributed by atoms with Gasteiger partial charge in [0.05, 0.1) is 0 Å². The number of nitrogens with two attached hydrogens (primary N) is 1. The number of hydrogen-bond acceptors (Lipinski definition) is 2. The zero-order valence-electron chi connectivity index (χ0n) is 11.7. The highest BCUT2D eigenvalue weighted by Crippen LogP contribution is 2.41. The normalized spacial score (nSPS) is 29.4. The molecule has 3 aliphatic rings. The lowest BCUT2D eigenvalue weighted by Gasteiger charge is -2.30. The molecule has 1 aliphatic carbocycles. The first-order valence-electron chi connectivity index (χ1n) is 7.97. The van der Waals surface area contributed by atoms with Gasteiger partial charge in [0, 0.05) is 24.8 Å². The number of benzene rings is 1. The van der Waals surface area contributed by atoms with Crippen LogP contribution in [0.15, 0.2) is 12.1 Å². The van der Waals surface area contributed by atoms with Crippen molar-refractivity contribution in [1.29, 1.82) is 0 Å². The fraction of sp³-hybridized carbons (Fsp3) is 0.647. The summed E-state index contributed by atoms with van der Waals surface area (Å²) < 4.78 is 0. The summed E-state index contributed by atoms with van der Waals surface area (Å²) in [6.45, 7) is 2.53. The predicted octanol–water partition coefficient (Wildman–Crippen LogP) is 2.98. The van der Waals surface area contributed by atoms with Gasteiger partial charge in [-0.05, 0) is 67.6 Å². The highest BCUT2D eigenvalue weighted by molar-refractivity contribution is 5.66. The molecule has 2 heterocycles. The van der Waals surface area contributed by atoms with Crippen molar-refractivity contribution in [3.63, 3.8) is 0 Å². The Balaban J connectivity index is 1.67. The van der Waals surface area contributed by atoms with Crippen molar-refractivity contribution in [3.05, 3.63) is 28.8 Å². The lowest BCUT2D eigenvalue weighted by molar-refractivity contribution is 0.395. The van der Waals surface area contributed by atoms with Gasteiger partial charge in [-0.25, -0.2) is 0 Å². The van der Waals surface area contributed by atoms with Crippen LogP contribution in [0.3, 0.4) is 0 Å². The third-order valence-electron chi connectivity index (χ3n) is 5.37. The predicted molar refractivity (Wildman–Crippen MR) is 79.9 cm³/mol. The van der Waals surface area contributed by atoms with Crippen LogP contribution in [0.4, 0.5) is 5.69 Å². The molecule has 0 aromatic heterocycles. The van der Waals surface area contributed by atoms with Crippen LogP contribution >= 0.6 is 0 Å². The first-order chi connectivity index (χ1) is 9.31. The number of aryl methyl sites for hydroxylation is 1. The molecule has 4 rings (SSSR count). The molecule has 1 aromatic carbocycles. The lowest BCUT2D eigenvalue weighted by Crippen LogP contribution is -2.27. The zero-order valence-corrected chi connectivity index (χ0v) is 11.7. The van der Waals surface area contributed by atoms with E-state index in [0.29, 0.717) is 6.04 Å². The van der Waals surface area contributed by atoms with Crippen molar-refractivity contribution < 1.29 is 0 Å². The van der Waals surface area contributed by atoms with Gasteiger partial charge in [-0.1, -0.05) is 12.1 Å². The monoisotopic (exact) mass is 256 g/mol. The van der Waals surface area contributed by atoms with Crippen LogP contribution in [0, 0.1) is 0 Å². The van der Waals surface area contributed by atoms with Crippen molar-refractivity contribution in [2.45, 2.75) is 56.9 Å². The van der Waals surface area contributed by atoms with Gasteiger partial charge in [0.15, 0.2) is 0 Å². The average Bonchev–Trinajstić information content (AvgIpc) is 2.85. The van der Waals surface area contributed by atoms with Gasteiger partial charge in [0.2, 0.25) is 0 Å². The molecule has 0 unspecified atom stereocenters. The highest BCUT2D eigenvalue weighted by Gasteiger charge is 2.28. The summed E-state index contributed by atoms with van der Waals surface area (Å²) in [7, 11) is 0. The molecule has 2 N–H and O–H groups in total. The topological polar surface area (TPSA) is 29.3 Å². The minimum absolute atomic E-state index is 0.458. The zero-order chi connectivity index (χ0) is 12.8. The summed E-state index contributed by atoms with van der Waals surface area (Å²) in [5, 5.41) is 0. The molecule has 0 radical (unpaired) electrons. The third kappa shape index (κ3) is 1.97. The summed E-state index contributed by atoms with van der Waals surface area (Å²) in [6.07, 6.45) is 8.91. The summed E-state index contributed by atoms with van der Waals surface area (Å²) in [5.41, 5.74) is 12.5. The molecule has 19 heavy (non-hydrogen) atoms. The van der Waals surface area contributed by atoms with E-state index in [9.17, 15) is 0 Å². The van der Waals surface area contributed by atoms with E-state index in [-0.39, 0.29) is 0 Å². The Morgan fingerprint density at radius 3 is 2.47 bits per heavy atom. The maximum absolute atomic E-state index is 6.04. The van der Waals surface area contributed by atoms with Gasteiger partial charge in [0.25, 0.3) is 0 Å². The smallest absolute Gasteiger partial charge is 0.0432 e. The maximum atomic E-state index is 6.04. The van der Waals surface area contributed by atoms with Crippen molar-refractivity contribution in [2.24, 2.45) is 5.73 Å². The Morgan fingerprint density at radius 1 is 0.947 bits per heavy atom. The van der Waals surface area contributed by atoms with Gasteiger partial charge in [-0.3, -0.25) is 0 Å². The molecule has 1 saturated carbocycles. The molecular weight excluding hydrogens is 232 g/mol. The molecule has 2 heteroatoms. The molecular formula is C17H24N2. The van der Waals surface area contributed by atoms with Crippen molar-refractivity contribution in [2.75, 3.05) is 18.0 Å². The van der Waals surface area contributed by atoms with Crippen LogP contribution in [0.5, 0.6) is 0 Å². The van der Waals surface area contributed by atoms with E-state index in [0.717, 1.165) is 5.92 Å². The quantitative estimate of drug-likeness (QED) is 0.837. The summed E-state index contributed by atoms with van der Waals surface area (Å²) in [4.78, 5) is 2.61. The molecule has 1 fully saturated rings. The molecule has 0 amide bonds. The summed E-state index contributed by atoms with van der Waals surface area (Å²) in [5.74, 6) is 0.775. The average molecular weight is 256 g/mol. The molecule has 1 aromatic rings. The molecule has 0 spiro atoms. The van der Waals surface area contributed by atoms with Crippen LogP contribution in [-0.2, 0) is 12.8 Å². The second-order valence-corrected chi connectivity index (χ2v) is 6.64. The van der Waals surface area contributed by atoms with Crippen LogP contribution < -0.4 is 10.6 Å². The van der Waals surface area contributed by atoms with Gasteiger partial charge in [-0.2, -0.15) is 0 Å². The standard InChI is InChI=1S/C17H24N2/c18-16-5-3-12(4-6-16)15-10-13-2-1-8-19-9-7-14(11-15)17(13)19/h10-12,16H,1-9,18H2. The van der Waals surface area contributed by atoms with E-state index >= 15 is 0 Å². The van der Waals surface area contributed by atoms with Gasteiger partial charge in [-0.15, -0.1) is 0 Å². The van der Waals surface area contributed by atoms with Gasteiger partial charge in [0.1, 0.15) is 0 Å². The summed E-state index contributed by atoms with van der Waals surface area (Å²) in [6, 6.07) is 5.50. The first-order valence-corrected chi connectivity index (χ1v) is 7.97. The molecule has 102 valence electrons. The summed E-state index contributed by atoms with van der Waals surface area (Å²) >= 11 is 0. The third-order valence-corrected chi connectivity index (χ3v) is 5.37. The second kappa shape index (κ2) is 4.52. The molecule has 2 nitrogen and oxygen atoms in total. The Labute approximate surface area is 116 Å². The maximum Gasteiger partial charge on any atom is 0.0432 e. The second-order valence-electron chi connectivity index (χ2n) is 6.64. The van der Waals surface area contributed by atoms with Crippen LogP contribution in [0.25, 0.3) is 0 Å². The van der Waals surface area contributed by atoms with Gasteiger partial charge >= 0.3 is 0 Å². The Morgan fingerprint density at radius 2 is 1.68 bits per heavy atom. The van der Waals surface area contributed by atoms with Crippen LogP contribution in [0.2, 0.25) is 0 Å². The van der Waals surface area contributed by atoms with Crippen molar-refractivity contribution in [3.8, 4) is 0 Å². The number of rotatable bonds is 1. The minimum atomic E-state index is 0.458. The lowest BCUT2D eigenvalue weighted by atomic mass is 9.80. The Bertz CT molecular complexity index is 486. The molecule has 0 saturated heterocycles. The Hall–Kier alpha value is -1.02. The van der Waals surface area contributed by atoms with Gasteiger partial charge < -0.3 is 10.6 Å². The van der Waals surface area contributed by atoms with E-state index in [2.05, 4.69) is 17.0 Å². The SMILES string of the molecule is NC1CCC(c2cc3c4c(c2)CCN4CCC3)CC1. The largest absolute Gasteiger partial charge is 0.371 e. The minimum Gasteiger partial charge on any atom is -0.371 e.